The molecular weight excluding hydrogens is 353 g/mol. The molecule has 3 N–H and O–H groups in total. The Balaban J connectivity index is 1.75. The molecule has 1 aliphatic heterocycles. The Kier molecular flexibility index (Phi) is 6.02. The minimum absolute atomic E-state index is 0.0822. The van der Waals surface area contributed by atoms with E-state index in [1.165, 1.54) is 17.3 Å². The van der Waals surface area contributed by atoms with Crippen LogP contribution in [-0.4, -0.2) is 69.4 Å². The molecule has 9 nitrogen and oxygen atoms in total. The third kappa shape index (κ3) is 4.09. The molecule has 0 radical (unpaired) electrons. The van der Waals surface area contributed by atoms with E-state index in [9.17, 15) is 9.82 Å². The molecule has 10 heteroatoms. The Labute approximate surface area is 156 Å². The molecule has 1 aliphatic rings. The predicted molar refractivity (Wildman–Crippen MR) is 95.8 cm³/mol. The predicted octanol–water partition coefficient (Wildman–Crippen LogP) is -0.778. The number of hydrogen-bond donors (Lipinski definition) is 3. The summed E-state index contributed by atoms with van der Waals surface area (Å²) in [5, 5.41) is 27.9. The second kappa shape index (κ2) is 8.44. The fourth-order valence-corrected chi connectivity index (χ4v) is 2.91. The van der Waals surface area contributed by atoms with Crippen LogP contribution in [0.25, 0.3) is 0 Å². The van der Waals surface area contributed by atoms with Crippen molar-refractivity contribution >= 4 is 18.5 Å². The van der Waals surface area contributed by atoms with Crippen molar-refractivity contribution in [3.05, 3.63) is 41.3 Å². The molecule has 0 spiro atoms. The smallest absolute Gasteiger partial charge is 0.437 e. The Morgan fingerprint density at radius 3 is 2.63 bits per heavy atom. The number of aliphatic hydroxyl groups excluding tert-OH is 2. The molecule has 2 aromatic rings. The zero-order chi connectivity index (χ0) is 19.4. The van der Waals surface area contributed by atoms with Crippen molar-refractivity contribution in [1.29, 1.82) is 0 Å². The molecule has 0 saturated carbocycles. The van der Waals surface area contributed by atoms with Crippen LogP contribution in [0.15, 0.2) is 24.5 Å². The van der Waals surface area contributed by atoms with E-state index in [-0.39, 0.29) is 37.9 Å². The number of rotatable bonds is 7. The second-order valence-corrected chi connectivity index (χ2v) is 6.01. The van der Waals surface area contributed by atoms with Crippen molar-refractivity contribution in [2.45, 2.75) is 13.5 Å². The third-order valence-corrected chi connectivity index (χ3v) is 4.29. The first-order valence-corrected chi connectivity index (χ1v) is 8.48. The minimum atomic E-state index is -0.973. The SMILES string of the molecule is Cc1c(Oc2cnc(C(=O)N(CCO)CCO)cn2)ccc2c1B(O)OC2. The highest BCUT2D eigenvalue weighted by Gasteiger charge is 2.30. The largest absolute Gasteiger partial charge is 0.492 e. The molecule has 0 aliphatic carbocycles. The lowest BCUT2D eigenvalue weighted by Gasteiger charge is -2.19. The molecule has 0 fully saturated rings. The Bertz CT molecular complexity index is 811. The van der Waals surface area contributed by atoms with Crippen molar-refractivity contribution in [2.75, 3.05) is 26.3 Å². The van der Waals surface area contributed by atoms with Crippen LogP contribution in [0.3, 0.4) is 0 Å². The van der Waals surface area contributed by atoms with Crippen LogP contribution in [-0.2, 0) is 11.3 Å². The number of aromatic nitrogens is 2. The molecule has 1 amide bonds. The van der Waals surface area contributed by atoms with Gasteiger partial charge in [-0.25, -0.2) is 9.97 Å². The van der Waals surface area contributed by atoms with Gasteiger partial charge in [-0.15, -0.1) is 0 Å². The molecule has 0 atom stereocenters. The van der Waals surface area contributed by atoms with Gasteiger partial charge in [0.05, 0.1) is 32.2 Å². The van der Waals surface area contributed by atoms with Gasteiger partial charge in [-0.3, -0.25) is 4.79 Å². The molecule has 1 aromatic carbocycles. The minimum Gasteiger partial charge on any atom is -0.437 e. The molecule has 0 bridgehead atoms. The normalized spacial score (nSPS) is 12.8. The number of nitrogens with zero attached hydrogens (tertiary/aromatic N) is 3. The fourth-order valence-electron chi connectivity index (χ4n) is 2.91. The van der Waals surface area contributed by atoms with E-state index < -0.39 is 13.0 Å². The zero-order valence-electron chi connectivity index (χ0n) is 14.8. The van der Waals surface area contributed by atoms with Crippen LogP contribution in [0.1, 0.15) is 21.6 Å². The summed E-state index contributed by atoms with van der Waals surface area (Å²) in [4.78, 5) is 21.8. The second-order valence-electron chi connectivity index (χ2n) is 6.01. The van der Waals surface area contributed by atoms with Gasteiger partial charge < -0.3 is 29.5 Å². The molecule has 3 rings (SSSR count). The van der Waals surface area contributed by atoms with Gasteiger partial charge in [0, 0.05) is 13.1 Å². The summed E-state index contributed by atoms with van der Waals surface area (Å²) < 4.78 is 10.9. The van der Waals surface area contributed by atoms with Gasteiger partial charge in [-0.1, -0.05) is 6.07 Å². The lowest BCUT2D eigenvalue weighted by Crippen LogP contribution is -2.36. The maximum Gasteiger partial charge on any atom is 0.492 e. The number of carbonyl (C=O) groups excluding carboxylic acids is 1. The highest BCUT2D eigenvalue weighted by molar-refractivity contribution is 6.62. The summed E-state index contributed by atoms with van der Waals surface area (Å²) >= 11 is 0. The highest BCUT2D eigenvalue weighted by atomic mass is 16.5. The summed E-state index contributed by atoms with van der Waals surface area (Å²) in [6.45, 7) is 1.93. The topological polar surface area (TPSA) is 125 Å². The van der Waals surface area contributed by atoms with Crippen molar-refractivity contribution in [3.63, 3.8) is 0 Å². The molecule has 0 saturated heterocycles. The van der Waals surface area contributed by atoms with Gasteiger partial charge in [-0.2, -0.15) is 0 Å². The van der Waals surface area contributed by atoms with Crippen LogP contribution in [0, 0.1) is 6.92 Å². The van der Waals surface area contributed by atoms with Gasteiger partial charge in [0.25, 0.3) is 5.91 Å². The van der Waals surface area contributed by atoms with Gasteiger partial charge >= 0.3 is 7.12 Å². The number of aliphatic hydroxyl groups is 2. The number of carbonyl (C=O) groups is 1. The van der Waals surface area contributed by atoms with Crippen molar-refractivity contribution in [3.8, 4) is 11.6 Å². The first kappa shape index (κ1) is 19.2. The summed E-state index contributed by atoms with van der Waals surface area (Å²) in [7, 11) is -0.973. The van der Waals surface area contributed by atoms with E-state index in [0.717, 1.165) is 11.1 Å². The van der Waals surface area contributed by atoms with Crippen LogP contribution >= 0.6 is 0 Å². The van der Waals surface area contributed by atoms with Gasteiger partial charge in [0.1, 0.15) is 11.4 Å². The standard InChI is InChI=1S/C17H20BN3O6/c1-11-14(3-2-12-10-26-18(25)16(11)12)27-15-9-19-13(8-20-15)17(24)21(4-6-22)5-7-23/h2-3,8-9,22-23,25H,4-7,10H2,1H3. The maximum atomic E-state index is 12.3. The monoisotopic (exact) mass is 373 g/mol. The van der Waals surface area contributed by atoms with Gasteiger partial charge in [-0.05, 0) is 29.6 Å². The average Bonchev–Trinajstić information content (AvgIpc) is 3.05. The molecule has 1 aromatic heterocycles. The van der Waals surface area contributed by atoms with Gasteiger partial charge in [0.2, 0.25) is 5.88 Å². The zero-order valence-corrected chi connectivity index (χ0v) is 14.8. The molecule has 2 heterocycles. The van der Waals surface area contributed by atoms with Crippen LogP contribution in [0.5, 0.6) is 11.6 Å². The van der Waals surface area contributed by atoms with Crippen LogP contribution in [0.4, 0.5) is 0 Å². The molecular formula is C17H20BN3O6. The van der Waals surface area contributed by atoms with Gasteiger partial charge in [0.15, 0.2) is 0 Å². The Morgan fingerprint density at radius 1 is 1.26 bits per heavy atom. The van der Waals surface area contributed by atoms with E-state index in [1.54, 1.807) is 6.07 Å². The number of amides is 1. The van der Waals surface area contributed by atoms with Crippen molar-refractivity contribution in [2.24, 2.45) is 0 Å². The number of fused-ring (bicyclic) bond motifs is 1. The van der Waals surface area contributed by atoms with E-state index in [0.29, 0.717) is 17.8 Å². The molecule has 27 heavy (non-hydrogen) atoms. The number of benzene rings is 1. The number of hydrogen-bond acceptors (Lipinski definition) is 8. The highest BCUT2D eigenvalue weighted by Crippen LogP contribution is 2.25. The number of ether oxygens (including phenoxy) is 1. The summed E-state index contributed by atoms with van der Waals surface area (Å²) in [5.41, 5.74) is 2.43. The van der Waals surface area contributed by atoms with Crippen LogP contribution in [0.2, 0.25) is 0 Å². The lowest BCUT2D eigenvalue weighted by atomic mass is 9.76. The summed E-state index contributed by atoms with van der Waals surface area (Å²) in [5.74, 6) is 0.263. The summed E-state index contributed by atoms with van der Waals surface area (Å²) in [6.07, 6.45) is 2.60. The average molecular weight is 373 g/mol. The Hall–Kier alpha value is -2.53. The Morgan fingerprint density at radius 2 is 2.00 bits per heavy atom. The molecule has 142 valence electrons. The van der Waals surface area contributed by atoms with Crippen LogP contribution < -0.4 is 10.2 Å². The third-order valence-electron chi connectivity index (χ3n) is 4.29. The first-order valence-electron chi connectivity index (χ1n) is 8.48. The van der Waals surface area contributed by atoms with E-state index in [4.69, 9.17) is 19.6 Å². The first-order chi connectivity index (χ1) is 13.0. The van der Waals surface area contributed by atoms with Crippen molar-refractivity contribution in [1.82, 2.24) is 14.9 Å². The molecule has 0 unspecified atom stereocenters. The lowest BCUT2D eigenvalue weighted by molar-refractivity contribution is 0.0678. The fraction of sp³-hybridized carbons (Fsp3) is 0.353. The van der Waals surface area contributed by atoms with Crippen molar-refractivity contribution < 1.29 is 29.4 Å². The van der Waals surface area contributed by atoms with E-state index in [1.807, 2.05) is 13.0 Å². The quantitative estimate of drug-likeness (QED) is 0.540. The maximum absolute atomic E-state index is 12.3. The van der Waals surface area contributed by atoms with E-state index in [2.05, 4.69) is 9.97 Å². The summed E-state index contributed by atoms with van der Waals surface area (Å²) in [6, 6.07) is 3.58. The van der Waals surface area contributed by atoms with E-state index >= 15 is 0 Å².